The summed E-state index contributed by atoms with van der Waals surface area (Å²) in [7, 11) is 0. The Morgan fingerprint density at radius 2 is 1.72 bits per heavy atom. The molecule has 0 spiro atoms. The molecule has 0 aliphatic heterocycles. The molecule has 0 saturated carbocycles. The number of hydrogen-bond acceptors (Lipinski definition) is 4. The van der Waals surface area contributed by atoms with Crippen LogP contribution in [0.3, 0.4) is 0 Å². The Morgan fingerprint density at radius 3 is 2.40 bits per heavy atom. The number of carbonyl (C=O) groups is 2. The molecule has 0 aliphatic rings. The zero-order chi connectivity index (χ0) is 17.9. The number of rotatable bonds is 9. The molecule has 0 heterocycles. The molecule has 5 nitrogen and oxygen atoms in total. The number of ether oxygens (including phenoxy) is 1. The van der Waals surface area contributed by atoms with E-state index in [0.717, 1.165) is 5.75 Å². The fourth-order valence-corrected chi connectivity index (χ4v) is 2.86. The zero-order valence-electron chi connectivity index (χ0n) is 14.2. The van der Waals surface area contributed by atoms with Gasteiger partial charge in [-0.15, -0.1) is 11.8 Å². The smallest absolute Gasteiger partial charge is 0.251 e. The topological polar surface area (TPSA) is 67.4 Å². The fourth-order valence-electron chi connectivity index (χ4n) is 2.07. The summed E-state index contributed by atoms with van der Waals surface area (Å²) in [6, 6.07) is 16.8. The number of hydrogen-bond donors (Lipinski definition) is 2. The van der Waals surface area contributed by atoms with Crippen LogP contribution in [-0.2, 0) is 4.79 Å². The van der Waals surface area contributed by atoms with Crippen LogP contribution >= 0.6 is 11.8 Å². The van der Waals surface area contributed by atoms with Crippen LogP contribution in [0.15, 0.2) is 59.5 Å². The molecule has 132 valence electrons. The lowest BCUT2D eigenvalue weighted by Crippen LogP contribution is -2.37. The van der Waals surface area contributed by atoms with Gasteiger partial charge >= 0.3 is 0 Å². The highest BCUT2D eigenvalue weighted by molar-refractivity contribution is 7.99. The van der Waals surface area contributed by atoms with Crippen LogP contribution < -0.4 is 15.4 Å². The Balaban J connectivity index is 1.64. The van der Waals surface area contributed by atoms with Gasteiger partial charge in [-0.25, -0.2) is 0 Å². The molecule has 0 atom stereocenters. The van der Waals surface area contributed by atoms with Gasteiger partial charge in [0.1, 0.15) is 5.75 Å². The van der Waals surface area contributed by atoms with Gasteiger partial charge in [-0.3, -0.25) is 9.59 Å². The third-order valence-corrected chi connectivity index (χ3v) is 4.29. The Kier molecular flexibility index (Phi) is 7.85. The van der Waals surface area contributed by atoms with Gasteiger partial charge in [0.2, 0.25) is 5.91 Å². The monoisotopic (exact) mass is 358 g/mol. The molecule has 0 aromatic heterocycles. The van der Waals surface area contributed by atoms with Gasteiger partial charge in [-0.05, 0) is 43.3 Å². The van der Waals surface area contributed by atoms with Crippen molar-refractivity contribution in [3.05, 3.63) is 60.2 Å². The second-order valence-corrected chi connectivity index (χ2v) is 6.32. The molecule has 25 heavy (non-hydrogen) atoms. The van der Waals surface area contributed by atoms with E-state index in [-0.39, 0.29) is 18.4 Å². The number of benzene rings is 2. The standard InChI is InChI=1S/C19H22N2O3S/c1-2-24-16-10-8-15(9-11-16)19(23)21-14-18(22)20-12-13-25-17-6-4-3-5-7-17/h3-11H,2,12-14H2,1H3,(H,20,22)(H,21,23). The van der Waals surface area contributed by atoms with E-state index >= 15 is 0 Å². The van der Waals surface area contributed by atoms with E-state index in [1.165, 1.54) is 4.90 Å². The van der Waals surface area contributed by atoms with E-state index in [4.69, 9.17) is 4.74 Å². The lowest BCUT2D eigenvalue weighted by atomic mass is 10.2. The summed E-state index contributed by atoms with van der Waals surface area (Å²) in [5.41, 5.74) is 0.496. The first-order valence-electron chi connectivity index (χ1n) is 8.14. The van der Waals surface area contributed by atoms with Crippen molar-refractivity contribution in [1.29, 1.82) is 0 Å². The quantitative estimate of drug-likeness (QED) is 0.534. The highest BCUT2D eigenvalue weighted by Crippen LogP contribution is 2.15. The largest absolute Gasteiger partial charge is 0.494 e. The Hall–Kier alpha value is -2.47. The maximum atomic E-state index is 12.0. The maximum absolute atomic E-state index is 12.0. The van der Waals surface area contributed by atoms with Crippen molar-refractivity contribution in [3.8, 4) is 5.75 Å². The number of nitrogens with one attached hydrogen (secondary N) is 2. The van der Waals surface area contributed by atoms with Crippen LogP contribution in [-0.4, -0.2) is 37.3 Å². The van der Waals surface area contributed by atoms with Crippen molar-refractivity contribution < 1.29 is 14.3 Å². The summed E-state index contributed by atoms with van der Waals surface area (Å²) in [6.07, 6.45) is 0. The van der Waals surface area contributed by atoms with Crippen LogP contribution in [0.2, 0.25) is 0 Å². The van der Waals surface area contributed by atoms with E-state index in [1.807, 2.05) is 37.3 Å². The molecule has 2 aromatic rings. The predicted octanol–water partition coefficient (Wildman–Crippen LogP) is 2.72. The molecule has 0 saturated heterocycles. The van der Waals surface area contributed by atoms with Crippen LogP contribution in [0.4, 0.5) is 0 Å². The molecule has 6 heteroatoms. The Labute approximate surface area is 152 Å². The lowest BCUT2D eigenvalue weighted by molar-refractivity contribution is -0.120. The van der Waals surface area contributed by atoms with Crippen LogP contribution in [0.5, 0.6) is 5.75 Å². The van der Waals surface area contributed by atoms with Crippen molar-refractivity contribution in [3.63, 3.8) is 0 Å². The lowest BCUT2D eigenvalue weighted by Gasteiger charge is -2.08. The van der Waals surface area contributed by atoms with Crippen molar-refractivity contribution in [2.24, 2.45) is 0 Å². The van der Waals surface area contributed by atoms with Gasteiger partial charge in [0.05, 0.1) is 13.2 Å². The first-order chi connectivity index (χ1) is 12.2. The molecule has 0 aliphatic carbocycles. The zero-order valence-corrected chi connectivity index (χ0v) is 15.0. The van der Waals surface area contributed by atoms with Gasteiger partial charge in [0, 0.05) is 22.8 Å². The molecule has 0 radical (unpaired) electrons. The average molecular weight is 358 g/mol. The van der Waals surface area contributed by atoms with Gasteiger partial charge in [-0.1, -0.05) is 18.2 Å². The third-order valence-electron chi connectivity index (χ3n) is 3.27. The summed E-state index contributed by atoms with van der Waals surface area (Å²) < 4.78 is 5.33. The number of amides is 2. The van der Waals surface area contributed by atoms with Crippen LogP contribution in [0.25, 0.3) is 0 Å². The van der Waals surface area contributed by atoms with E-state index in [9.17, 15) is 9.59 Å². The van der Waals surface area contributed by atoms with Gasteiger partial charge in [0.15, 0.2) is 0 Å². The number of carbonyl (C=O) groups excluding carboxylic acids is 2. The van der Waals surface area contributed by atoms with E-state index in [0.29, 0.717) is 24.5 Å². The van der Waals surface area contributed by atoms with E-state index < -0.39 is 0 Å². The molecule has 2 N–H and O–H groups in total. The molecular weight excluding hydrogens is 336 g/mol. The molecule has 2 aromatic carbocycles. The second kappa shape index (κ2) is 10.4. The SMILES string of the molecule is CCOc1ccc(C(=O)NCC(=O)NCCSc2ccccc2)cc1. The van der Waals surface area contributed by atoms with Crippen LogP contribution in [0, 0.1) is 0 Å². The summed E-state index contributed by atoms with van der Waals surface area (Å²) in [4.78, 5) is 24.9. The minimum atomic E-state index is -0.281. The van der Waals surface area contributed by atoms with Crippen molar-refractivity contribution in [2.45, 2.75) is 11.8 Å². The third kappa shape index (κ3) is 6.89. The summed E-state index contributed by atoms with van der Waals surface area (Å²) in [5, 5.41) is 5.40. The van der Waals surface area contributed by atoms with E-state index in [1.54, 1.807) is 36.0 Å². The molecule has 0 unspecified atom stereocenters. The molecule has 0 fully saturated rings. The first kappa shape index (κ1) is 18.9. The minimum Gasteiger partial charge on any atom is -0.494 e. The normalized spacial score (nSPS) is 10.1. The van der Waals surface area contributed by atoms with Crippen molar-refractivity contribution >= 4 is 23.6 Å². The predicted molar refractivity (Wildman–Crippen MR) is 100 cm³/mol. The summed E-state index contributed by atoms with van der Waals surface area (Å²) in [6.45, 7) is 2.99. The van der Waals surface area contributed by atoms with Gasteiger partial charge < -0.3 is 15.4 Å². The highest BCUT2D eigenvalue weighted by atomic mass is 32.2. The second-order valence-electron chi connectivity index (χ2n) is 5.15. The van der Waals surface area contributed by atoms with Crippen molar-refractivity contribution in [1.82, 2.24) is 10.6 Å². The molecule has 2 rings (SSSR count). The fraction of sp³-hybridized carbons (Fsp3) is 0.263. The summed E-state index contributed by atoms with van der Waals surface area (Å²) in [5.74, 6) is 1.01. The molecule has 0 bridgehead atoms. The first-order valence-corrected chi connectivity index (χ1v) is 9.13. The summed E-state index contributed by atoms with van der Waals surface area (Å²) >= 11 is 1.68. The van der Waals surface area contributed by atoms with Gasteiger partial charge in [0.25, 0.3) is 5.91 Å². The van der Waals surface area contributed by atoms with Crippen LogP contribution in [0.1, 0.15) is 17.3 Å². The molecule has 2 amide bonds. The molecular formula is C19H22N2O3S. The maximum Gasteiger partial charge on any atom is 0.251 e. The van der Waals surface area contributed by atoms with Crippen molar-refractivity contribution in [2.75, 3.05) is 25.4 Å². The Morgan fingerprint density at radius 1 is 1.00 bits per heavy atom. The number of thioether (sulfide) groups is 1. The Bertz CT molecular complexity index is 675. The minimum absolute atomic E-state index is 0.0396. The van der Waals surface area contributed by atoms with Gasteiger partial charge in [-0.2, -0.15) is 0 Å². The average Bonchev–Trinajstić information content (AvgIpc) is 2.65. The van der Waals surface area contributed by atoms with E-state index in [2.05, 4.69) is 10.6 Å². The highest BCUT2D eigenvalue weighted by Gasteiger charge is 2.08.